The van der Waals surface area contributed by atoms with Gasteiger partial charge in [0, 0.05) is 25.7 Å². The Morgan fingerprint density at radius 3 is 3.06 bits per heavy atom. The van der Waals surface area contributed by atoms with E-state index in [4.69, 9.17) is 5.11 Å². The zero-order valence-corrected chi connectivity index (χ0v) is 10.8. The van der Waals surface area contributed by atoms with Gasteiger partial charge in [-0.2, -0.15) is 0 Å². The van der Waals surface area contributed by atoms with Crippen LogP contribution in [0.25, 0.3) is 0 Å². The van der Waals surface area contributed by atoms with E-state index in [0.717, 1.165) is 26.1 Å². The van der Waals surface area contributed by atoms with Crippen molar-refractivity contribution in [2.45, 2.75) is 12.5 Å². The molecule has 0 amide bonds. The molecule has 1 atom stereocenters. The monoisotopic (exact) mass is 246 g/mol. The summed E-state index contributed by atoms with van der Waals surface area (Å²) in [5.41, 5.74) is 2.85. The normalized spacial score (nSPS) is 18.7. The van der Waals surface area contributed by atoms with Gasteiger partial charge in [-0.05, 0) is 24.1 Å². The van der Waals surface area contributed by atoms with Gasteiger partial charge in [0.2, 0.25) is 0 Å². The highest BCUT2D eigenvalue weighted by molar-refractivity contribution is 5.32. The second-order valence-electron chi connectivity index (χ2n) is 4.73. The molecule has 3 nitrogen and oxygen atoms in total. The molecule has 0 spiro atoms. The number of hydrogen-bond acceptors (Lipinski definition) is 3. The number of nitrogens with one attached hydrogen (secondary N) is 1. The lowest BCUT2D eigenvalue weighted by Gasteiger charge is -2.31. The van der Waals surface area contributed by atoms with Crippen molar-refractivity contribution in [3.63, 3.8) is 0 Å². The van der Waals surface area contributed by atoms with Gasteiger partial charge in [-0.1, -0.05) is 30.3 Å². The van der Waals surface area contributed by atoms with Crippen LogP contribution in [0, 0.1) is 0 Å². The molecule has 2 N–H and O–H groups in total. The zero-order chi connectivity index (χ0) is 12.8. The minimum Gasteiger partial charge on any atom is -0.395 e. The fourth-order valence-electron chi connectivity index (χ4n) is 2.60. The van der Waals surface area contributed by atoms with Gasteiger partial charge in [0.1, 0.15) is 0 Å². The lowest BCUT2D eigenvalue weighted by atomic mass is 9.94. The molecule has 98 valence electrons. The average molecular weight is 246 g/mol. The van der Waals surface area contributed by atoms with E-state index in [9.17, 15) is 0 Å². The minimum atomic E-state index is 0.197. The van der Waals surface area contributed by atoms with Crippen molar-refractivity contribution in [3.8, 4) is 0 Å². The Labute approximate surface area is 109 Å². The van der Waals surface area contributed by atoms with E-state index < -0.39 is 0 Å². The van der Waals surface area contributed by atoms with Crippen molar-refractivity contribution in [1.82, 2.24) is 10.2 Å². The first-order chi connectivity index (χ1) is 8.85. The Morgan fingerprint density at radius 2 is 2.28 bits per heavy atom. The summed E-state index contributed by atoms with van der Waals surface area (Å²) in [4.78, 5) is 2.23. The van der Waals surface area contributed by atoms with Crippen molar-refractivity contribution in [3.05, 3.63) is 48.0 Å². The summed E-state index contributed by atoms with van der Waals surface area (Å²) in [6, 6.07) is 8.99. The van der Waals surface area contributed by atoms with Crippen LogP contribution in [0.1, 0.15) is 17.2 Å². The van der Waals surface area contributed by atoms with E-state index in [1.807, 2.05) is 6.08 Å². The molecule has 0 saturated heterocycles. The third-order valence-electron chi connectivity index (χ3n) is 3.46. The molecule has 3 heteroatoms. The largest absolute Gasteiger partial charge is 0.395 e. The predicted octanol–water partition coefficient (Wildman–Crippen LogP) is 1.35. The van der Waals surface area contributed by atoms with E-state index >= 15 is 0 Å². The molecule has 18 heavy (non-hydrogen) atoms. The lowest BCUT2D eigenvalue weighted by molar-refractivity contribution is 0.193. The molecule has 1 aromatic carbocycles. The molecule has 1 aliphatic heterocycles. The van der Waals surface area contributed by atoms with Crippen LogP contribution in [0.2, 0.25) is 0 Å². The molecule has 0 aromatic heterocycles. The van der Waals surface area contributed by atoms with Gasteiger partial charge in [0.15, 0.2) is 0 Å². The number of hydrogen-bond donors (Lipinski definition) is 2. The maximum Gasteiger partial charge on any atom is 0.0558 e. The van der Waals surface area contributed by atoms with Crippen LogP contribution in [-0.2, 0) is 6.42 Å². The minimum absolute atomic E-state index is 0.197. The van der Waals surface area contributed by atoms with Gasteiger partial charge in [0.25, 0.3) is 0 Å². The van der Waals surface area contributed by atoms with E-state index in [-0.39, 0.29) is 6.61 Å². The Kier molecular flexibility index (Phi) is 4.93. The molecule has 1 heterocycles. The van der Waals surface area contributed by atoms with Crippen LogP contribution in [0.15, 0.2) is 36.9 Å². The summed E-state index contributed by atoms with van der Waals surface area (Å²) in [7, 11) is 0. The van der Waals surface area contributed by atoms with Gasteiger partial charge in [0.05, 0.1) is 6.61 Å². The number of fused-ring (bicyclic) bond motifs is 1. The van der Waals surface area contributed by atoms with Crippen LogP contribution in [-0.4, -0.2) is 42.8 Å². The molecule has 0 saturated carbocycles. The topological polar surface area (TPSA) is 35.5 Å². The van der Waals surface area contributed by atoms with Crippen LogP contribution in [0.3, 0.4) is 0 Å². The molecule has 2 rings (SSSR count). The summed E-state index contributed by atoms with van der Waals surface area (Å²) < 4.78 is 0. The fraction of sp³-hybridized carbons (Fsp3) is 0.467. The number of nitrogens with zero attached hydrogens (tertiary/aromatic N) is 1. The average Bonchev–Trinajstić information content (AvgIpc) is 2.40. The fourth-order valence-corrected chi connectivity index (χ4v) is 2.60. The first-order valence-corrected chi connectivity index (χ1v) is 6.60. The third-order valence-corrected chi connectivity index (χ3v) is 3.46. The van der Waals surface area contributed by atoms with Crippen LogP contribution in [0.4, 0.5) is 0 Å². The van der Waals surface area contributed by atoms with Gasteiger partial charge < -0.3 is 10.4 Å². The van der Waals surface area contributed by atoms with Crippen molar-refractivity contribution < 1.29 is 5.11 Å². The van der Waals surface area contributed by atoms with Crippen LogP contribution >= 0.6 is 0 Å². The third kappa shape index (κ3) is 3.19. The molecule has 0 radical (unpaired) electrons. The van der Waals surface area contributed by atoms with E-state index in [0.29, 0.717) is 12.6 Å². The second kappa shape index (κ2) is 6.69. The Bertz CT molecular complexity index is 392. The molecule has 0 bridgehead atoms. The first-order valence-electron chi connectivity index (χ1n) is 6.60. The molecular weight excluding hydrogens is 224 g/mol. The van der Waals surface area contributed by atoms with E-state index in [2.05, 4.69) is 41.1 Å². The zero-order valence-electron chi connectivity index (χ0n) is 10.8. The molecule has 0 aliphatic carbocycles. The highest BCUT2D eigenvalue weighted by atomic mass is 16.3. The van der Waals surface area contributed by atoms with Gasteiger partial charge >= 0.3 is 0 Å². The van der Waals surface area contributed by atoms with Gasteiger partial charge in [-0.3, -0.25) is 4.90 Å². The van der Waals surface area contributed by atoms with Crippen molar-refractivity contribution in [2.75, 3.05) is 32.8 Å². The van der Waals surface area contributed by atoms with Crippen LogP contribution < -0.4 is 5.32 Å². The second-order valence-corrected chi connectivity index (χ2v) is 4.73. The number of rotatable bonds is 6. The smallest absolute Gasteiger partial charge is 0.0558 e. The summed E-state index contributed by atoms with van der Waals surface area (Å²) in [5.74, 6) is 0. The molecular formula is C15H22N2O. The Balaban J connectivity index is 2.07. The first kappa shape index (κ1) is 13.3. The van der Waals surface area contributed by atoms with Crippen molar-refractivity contribution in [2.24, 2.45) is 0 Å². The van der Waals surface area contributed by atoms with E-state index in [1.54, 1.807) is 0 Å². The van der Waals surface area contributed by atoms with Crippen molar-refractivity contribution >= 4 is 0 Å². The molecule has 1 aliphatic rings. The van der Waals surface area contributed by atoms with Crippen LogP contribution in [0.5, 0.6) is 0 Å². The SMILES string of the molecule is C=CCN(CCO)CC1NCCc2ccccc21. The summed E-state index contributed by atoms with van der Waals surface area (Å²) in [6.07, 6.45) is 3.00. The number of benzene rings is 1. The van der Waals surface area contributed by atoms with Crippen molar-refractivity contribution in [1.29, 1.82) is 0 Å². The maximum absolute atomic E-state index is 9.09. The molecule has 0 fully saturated rings. The molecule has 1 unspecified atom stereocenters. The summed E-state index contributed by atoms with van der Waals surface area (Å²) >= 11 is 0. The maximum atomic E-state index is 9.09. The Hall–Kier alpha value is -1.16. The number of aliphatic hydroxyl groups is 1. The lowest BCUT2D eigenvalue weighted by Crippen LogP contribution is -2.40. The number of aliphatic hydroxyl groups excluding tert-OH is 1. The quantitative estimate of drug-likeness (QED) is 0.744. The predicted molar refractivity (Wildman–Crippen MR) is 74.6 cm³/mol. The van der Waals surface area contributed by atoms with Gasteiger partial charge in [-0.15, -0.1) is 6.58 Å². The Morgan fingerprint density at radius 1 is 1.44 bits per heavy atom. The van der Waals surface area contributed by atoms with Gasteiger partial charge in [-0.25, -0.2) is 0 Å². The highest BCUT2D eigenvalue weighted by Gasteiger charge is 2.20. The standard InChI is InChI=1S/C15H22N2O/c1-2-9-17(10-11-18)12-15-14-6-4-3-5-13(14)7-8-16-15/h2-6,15-16,18H,1,7-12H2. The molecule has 1 aromatic rings. The summed E-state index contributed by atoms with van der Waals surface area (Å²) in [6.45, 7) is 7.44. The highest BCUT2D eigenvalue weighted by Crippen LogP contribution is 2.23. The summed E-state index contributed by atoms with van der Waals surface area (Å²) in [5, 5.41) is 12.7. The van der Waals surface area contributed by atoms with E-state index in [1.165, 1.54) is 11.1 Å².